The summed E-state index contributed by atoms with van der Waals surface area (Å²) in [6.07, 6.45) is 31.3. The van der Waals surface area contributed by atoms with Crippen molar-refractivity contribution in [1.82, 2.24) is 4.57 Å². The van der Waals surface area contributed by atoms with Gasteiger partial charge in [0.2, 0.25) is 0 Å². The molecule has 1 aromatic heterocycles. The van der Waals surface area contributed by atoms with Gasteiger partial charge in [-0.15, -0.1) is 0 Å². The third-order valence-corrected chi connectivity index (χ3v) is 7.26. The molecule has 0 N–H and O–H groups in total. The van der Waals surface area contributed by atoms with Gasteiger partial charge in [-0.1, -0.05) is 128 Å². The van der Waals surface area contributed by atoms with Crippen molar-refractivity contribution in [3.8, 4) is 11.4 Å². The third kappa shape index (κ3) is 12.2. The zero-order valence-electron chi connectivity index (χ0n) is 22.8. The number of aromatic nitrogens is 2. The highest BCUT2D eigenvalue weighted by atomic mass is 15.1. The molecule has 0 aliphatic carbocycles. The first-order valence-corrected chi connectivity index (χ1v) is 15.0. The molecule has 0 aliphatic rings. The van der Waals surface area contributed by atoms with Crippen LogP contribution in [0.1, 0.15) is 136 Å². The highest BCUT2D eigenvalue weighted by Gasteiger charge is 2.18. The van der Waals surface area contributed by atoms with Crippen LogP contribution < -0.4 is 4.57 Å². The highest BCUT2D eigenvalue weighted by molar-refractivity contribution is 5.52. The van der Waals surface area contributed by atoms with Crippen molar-refractivity contribution in [2.75, 3.05) is 0 Å². The number of hydrogen-bond acceptors (Lipinski definition) is 0. The number of benzene rings is 1. The summed E-state index contributed by atoms with van der Waals surface area (Å²) < 4.78 is 4.98. The van der Waals surface area contributed by atoms with Gasteiger partial charge in [-0.05, 0) is 37.8 Å². The number of imidazole rings is 1. The lowest BCUT2D eigenvalue weighted by Gasteiger charge is -2.06. The monoisotopic (exact) mass is 467 g/mol. The minimum absolute atomic E-state index is 1.14. The van der Waals surface area contributed by atoms with E-state index in [0.29, 0.717) is 0 Å². The lowest BCUT2D eigenvalue weighted by molar-refractivity contribution is -0.686. The summed E-state index contributed by atoms with van der Waals surface area (Å²) in [7, 11) is 0. The molecule has 2 rings (SSSR count). The maximum Gasteiger partial charge on any atom is 0.288 e. The Labute approximate surface area is 212 Å². The van der Waals surface area contributed by atoms with Gasteiger partial charge in [0, 0.05) is 0 Å². The molecule has 0 bridgehead atoms. The number of hydrogen-bond donors (Lipinski definition) is 0. The van der Waals surface area contributed by atoms with Crippen LogP contribution >= 0.6 is 0 Å². The second-order valence-electron chi connectivity index (χ2n) is 10.4. The summed E-state index contributed by atoms with van der Waals surface area (Å²) in [6.45, 7) is 6.87. The maximum absolute atomic E-state index is 2.50. The Morgan fingerprint density at radius 2 is 1.03 bits per heavy atom. The van der Waals surface area contributed by atoms with E-state index < -0.39 is 0 Å². The Morgan fingerprint density at radius 3 is 1.56 bits per heavy atom. The molecule has 0 fully saturated rings. The molecule has 0 saturated heterocycles. The van der Waals surface area contributed by atoms with E-state index in [1.54, 1.807) is 0 Å². The van der Waals surface area contributed by atoms with Gasteiger partial charge in [-0.2, -0.15) is 0 Å². The summed E-state index contributed by atoms with van der Waals surface area (Å²) in [5.41, 5.74) is 1.35. The summed E-state index contributed by atoms with van der Waals surface area (Å²) in [5, 5.41) is 0. The number of rotatable bonds is 22. The maximum atomic E-state index is 2.50. The van der Waals surface area contributed by atoms with E-state index in [-0.39, 0.29) is 0 Å². The van der Waals surface area contributed by atoms with Crippen molar-refractivity contribution in [2.24, 2.45) is 0 Å². The van der Waals surface area contributed by atoms with Crippen LogP contribution in [0.25, 0.3) is 11.4 Å². The first-order valence-electron chi connectivity index (χ1n) is 15.0. The van der Waals surface area contributed by atoms with E-state index in [0.717, 1.165) is 13.1 Å². The van der Waals surface area contributed by atoms with Crippen molar-refractivity contribution in [3.63, 3.8) is 0 Å². The van der Waals surface area contributed by atoms with E-state index in [9.17, 15) is 0 Å². The third-order valence-electron chi connectivity index (χ3n) is 7.26. The van der Waals surface area contributed by atoms with E-state index in [4.69, 9.17) is 0 Å². The Kier molecular flexibility index (Phi) is 16.6. The van der Waals surface area contributed by atoms with E-state index in [2.05, 4.69) is 65.7 Å². The summed E-state index contributed by atoms with van der Waals surface area (Å²) >= 11 is 0. The van der Waals surface area contributed by atoms with E-state index in [1.165, 1.54) is 133 Å². The average molecular weight is 468 g/mol. The van der Waals surface area contributed by atoms with Crippen LogP contribution in [0.2, 0.25) is 0 Å². The highest BCUT2D eigenvalue weighted by Crippen LogP contribution is 2.18. The van der Waals surface area contributed by atoms with Crippen molar-refractivity contribution in [1.29, 1.82) is 0 Å². The molecule has 2 nitrogen and oxygen atoms in total. The molecule has 2 aromatic rings. The van der Waals surface area contributed by atoms with Gasteiger partial charge in [-0.3, -0.25) is 0 Å². The first kappa shape index (κ1) is 28.7. The molecule has 0 saturated carbocycles. The lowest BCUT2D eigenvalue weighted by atomic mass is 10.0. The molecule has 0 radical (unpaired) electrons. The van der Waals surface area contributed by atoms with Crippen LogP contribution in [0, 0.1) is 0 Å². The fraction of sp³-hybridized carbons (Fsp3) is 0.719. The normalized spacial score (nSPS) is 11.4. The van der Waals surface area contributed by atoms with Crippen molar-refractivity contribution in [3.05, 3.63) is 42.7 Å². The molecule has 1 aromatic carbocycles. The molecule has 192 valence electrons. The van der Waals surface area contributed by atoms with E-state index >= 15 is 0 Å². The minimum atomic E-state index is 1.14. The summed E-state index contributed by atoms with van der Waals surface area (Å²) in [4.78, 5) is 0. The van der Waals surface area contributed by atoms with Gasteiger partial charge in [0.05, 0.1) is 18.7 Å². The topological polar surface area (TPSA) is 8.81 Å². The Bertz CT molecular complexity index is 703. The van der Waals surface area contributed by atoms with Gasteiger partial charge in [0.1, 0.15) is 12.4 Å². The van der Waals surface area contributed by atoms with Crippen LogP contribution in [-0.4, -0.2) is 4.57 Å². The quantitative estimate of drug-likeness (QED) is 0.120. The fourth-order valence-electron chi connectivity index (χ4n) is 5.11. The predicted octanol–water partition coefficient (Wildman–Crippen LogP) is 9.89. The smallest absolute Gasteiger partial charge is 0.230 e. The molecule has 2 heteroatoms. The summed E-state index contributed by atoms with van der Waals surface area (Å²) in [5.74, 6) is 1.39. The second-order valence-corrected chi connectivity index (χ2v) is 10.4. The first-order chi connectivity index (χ1) is 16.9. The van der Waals surface area contributed by atoms with E-state index in [1.807, 2.05) is 0 Å². The Morgan fingerprint density at radius 1 is 0.559 bits per heavy atom. The molecular formula is C32H55N2+. The van der Waals surface area contributed by atoms with Gasteiger partial charge < -0.3 is 0 Å². The predicted molar refractivity (Wildman–Crippen MR) is 149 cm³/mol. The zero-order valence-corrected chi connectivity index (χ0v) is 22.8. The number of aryl methyl sites for hydroxylation is 2. The fourth-order valence-corrected chi connectivity index (χ4v) is 5.11. The van der Waals surface area contributed by atoms with Gasteiger partial charge in [0.25, 0.3) is 5.82 Å². The molecule has 34 heavy (non-hydrogen) atoms. The molecule has 0 unspecified atom stereocenters. The standard InChI is InChI=1S/C32H55N2/c1-3-5-7-9-10-11-12-13-14-15-16-17-18-19-24-28-34-30-29-33(27-23-8-6-4-2)32(34)31-25-21-20-22-26-31/h20-22,25-26,29-30H,3-19,23-24,27-28H2,1-2H3/q+1. The van der Waals surface area contributed by atoms with Crippen LogP contribution in [0.15, 0.2) is 42.7 Å². The lowest BCUT2D eigenvalue weighted by Crippen LogP contribution is -2.34. The molecule has 0 aliphatic heterocycles. The van der Waals surface area contributed by atoms with Crippen LogP contribution in [-0.2, 0) is 13.1 Å². The number of unbranched alkanes of at least 4 members (excludes halogenated alkanes) is 17. The van der Waals surface area contributed by atoms with Crippen molar-refractivity contribution >= 4 is 0 Å². The Hall–Kier alpha value is -1.57. The molecule has 0 atom stereocenters. The van der Waals surface area contributed by atoms with Crippen LogP contribution in [0.4, 0.5) is 0 Å². The minimum Gasteiger partial charge on any atom is -0.230 e. The molecule has 0 amide bonds. The SMILES string of the molecule is CCCCCCCCCCCCCCCCC[n+]1ccn(CCCCCC)c1-c1ccccc1. The zero-order chi connectivity index (χ0) is 24.1. The van der Waals surface area contributed by atoms with Crippen molar-refractivity contribution < 1.29 is 4.57 Å². The molecule has 0 spiro atoms. The van der Waals surface area contributed by atoms with Crippen LogP contribution in [0.5, 0.6) is 0 Å². The Balaban J connectivity index is 1.58. The van der Waals surface area contributed by atoms with Gasteiger partial charge in [0.15, 0.2) is 0 Å². The van der Waals surface area contributed by atoms with Gasteiger partial charge >= 0.3 is 0 Å². The largest absolute Gasteiger partial charge is 0.288 e. The number of nitrogens with zero attached hydrogens (tertiary/aromatic N) is 2. The second kappa shape index (κ2) is 19.7. The van der Waals surface area contributed by atoms with Gasteiger partial charge in [-0.25, -0.2) is 9.13 Å². The van der Waals surface area contributed by atoms with Crippen molar-refractivity contribution in [2.45, 2.75) is 149 Å². The summed E-state index contributed by atoms with van der Waals surface area (Å²) in [6, 6.07) is 11.0. The molecule has 1 heterocycles. The average Bonchev–Trinajstić information content (AvgIpc) is 3.27. The van der Waals surface area contributed by atoms with Crippen LogP contribution in [0.3, 0.4) is 0 Å². The molecular weight excluding hydrogens is 412 g/mol.